The third kappa shape index (κ3) is 1.77. The van der Waals surface area contributed by atoms with Crippen LogP contribution in [-0.2, 0) is 6.42 Å². The van der Waals surface area contributed by atoms with E-state index in [1.54, 1.807) is 0 Å². The van der Waals surface area contributed by atoms with Gasteiger partial charge in [-0.25, -0.2) is 0 Å². The van der Waals surface area contributed by atoms with Gasteiger partial charge in [-0.2, -0.15) is 0 Å². The van der Waals surface area contributed by atoms with E-state index in [9.17, 15) is 0 Å². The second-order valence-corrected chi connectivity index (χ2v) is 7.01. The molecule has 0 aromatic heterocycles. The van der Waals surface area contributed by atoms with Gasteiger partial charge in [0.15, 0.2) is 0 Å². The lowest BCUT2D eigenvalue weighted by Crippen LogP contribution is -1.84. The van der Waals surface area contributed by atoms with Crippen molar-refractivity contribution >= 4 is 32.3 Å². The van der Waals surface area contributed by atoms with Crippen molar-refractivity contribution in [3.8, 4) is 11.1 Å². The molecule has 0 bridgehead atoms. The topological polar surface area (TPSA) is 0 Å². The fourth-order valence-electron chi connectivity index (χ4n) is 4.47. The molecule has 5 aromatic carbocycles. The Bertz CT molecular complexity index is 1310. The molecule has 0 amide bonds. The number of rotatable bonds is 0. The largest absolute Gasteiger partial charge is 0.0616 e. The highest BCUT2D eigenvalue weighted by Crippen LogP contribution is 2.43. The molecule has 0 radical (unpaired) electrons. The van der Waals surface area contributed by atoms with Gasteiger partial charge in [0.25, 0.3) is 0 Å². The highest BCUT2D eigenvalue weighted by molar-refractivity contribution is 6.11. The van der Waals surface area contributed by atoms with Crippen LogP contribution in [0.2, 0.25) is 0 Å². The van der Waals surface area contributed by atoms with Crippen LogP contribution in [0.5, 0.6) is 0 Å². The maximum Gasteiger partial charge on any atom is -0.00130 e. The summed E-state index contributed by atoms with van der Waals surface area (Å²) in [5.74, 6) is 0. The molecule has 0 aliphatic heterocycles. The van der Waals surface area contributed by atoms with E-state index in [2.05, 4.69) is 84.9 Å². The van der Waals surface area contributed by atoms with Crippen molar-refractivity contribution in [2.45, 2.75) is 6.42 Å². The lowest BCUT2D eigenvalue weighted by Gasteiger charge is -2.09. The summed E-state index contributed by atoms with van der Waals surface area (Å²) in [6.45, 7) is 0. The Hall–Kier alpha value is -3.12. The van der Waals surface area contributed by atoms with Crippen LogP contribution < -0.4 is 0 Å². The van der Waals surface area contributed by atoms with Gasteiger partial charge >= 0.3 is 0 Å². The van der Waals surface area contributed by atoms with Crippen LogP contribution in [0, 0.1) is 0 Å². The van der Waals surface area contributed by atoms with E-state index < -0.39 is 0 Å². The Kier molecular flexibility index (Phi) is 2.48. The molecular weight excluding hydrogens is 300 g/mol. The van der Waals surface area contributed by atoms with Crippen LogP contribution in [0.1, 0.15) is 11.1 Å². The van der Waals surface area contributed by atoms with Gasteiger partial charge in [0.2, 0.25) is 0 Å². The molecule has 1 aliphatic rings. The molecule has 0 atom stereocenters. The summed E-state index contributed by atoms with van der Waals surface area (Å²) in [4.78, 5) is 0. The SMILES string of the molecule is c1ccc2c3c(ccc2c1)Cc1cc2ccc4ccccc4c2cc1-3. The van der Waals surface area contributed by atoms with Gasteiger partial charge in [-0.05, 0) is 67.1 Å². The van der Waals surface area contributed by atoms with Crippen molar-refractivity contribution < 1.29 is 0 Å². The van der Waals surface area contributed by atoms with E-state index in [4.69, 9.17) is 0 Å². The minimum Gasteiger partial charge on any atom is -0.0616 e. The van der Waals surface area contributed by atoms with Gasteiger partial charge in [0.05, 0.1) is 0 Å². The standard InChI is InChI=1S/C25H16/c1-3-7-21-16(5-1)9-11-18-13-20-14-19-12-10-17-6-2-4-8-22(17)25(19)24(20)15-23(18)21/h1-13,15H,14H2. The summed E-state index contributed by atoms with van der Waals surface area (Å²) in [5.41, 5.74) is 5.75. The Balaban J connectivity index is 1.76. The maximum atomic E-state index is 2.42. The van der Waals surface area contributed by atoms with Crippen molar-refractivity contribution in [1.29, 1.82) is 0 Å². The molecule has 1 aliphatic carbocycles. The Morgan fingerprint density at radius 1 is 0.480 bits per heavy atom. The van der Waals surface area contributed by atoms with Crippen molar-refractivity contribution in [3.63, 3.8) is 0 Å². The van der Waals surface area contributed by atoms with Gasteiger partial charge in [-0.1, -0.05) is 78.9 Å². The molecule has 0 heteroatoms. The number of fused-ring (bicyclic) bond motifs is 8. The summed E-state index contributed by atoms with van der Waals surface area (Å²) >= 11 is 0. The molecule has 0 N–H and O–H groups in total. The molecule has 0 heterocycles. The lowest BCUT2D eigenvalue weighted by molar-refractivity contribution is 1.27. The highest BCUT2D eigenvalue weighted by Gasteiger charge is 2.21. The smallest absolute Gasteiger partial charge is 0.00130 e. The molecule has 116 valence electrons. The second kappa shape index (κ2) is 4.70. The zero-order valence-electron chi connectivity index (χ0n) is 13.8. The second-order valence-electron chi connectivity index (χ2n) is 7.01. The summed E-state index contributed by atoms with van der Waals surface area (Å²) in [6.07, 6.45) is 1.04. The minimum atomic E-state index is 1.04. The average Bonchev–Trinajstić information content (AvgIpc) is 3.04. The quantitative estimate of drug-likeness (QED) is 0.273. The van der Waals surface area contributed by atoms with Crippen molar-refractivity contribution in [2.24, 2.45) is 0 Å². The fourth-order valence-corrected chi connectivity index (χ4v) is 4.47. The number of hydrogen-bond donors (Lipinski definition) is 0. The molecule has 0 spiro atoms. The third-order valence-electron chi connectivity index (χ3n) is 5.63. The van der Waals surface area contributed by atoms with Crippen LogP contribution in [0.4, 0.5) is 0 Å². The molecule has 0 saturated heterocycles. The van der Waals surface area contributed by atoms with Crippen molar-refractivity contribution in [3.05, 3.63) is 96.1 Å². The summed E-state index contributed by atoms with van der Waals surface area (Å²) < 4.78 is 0. The van der Waals surface area contributed by atoms with Crippen LogP contribution in [0.3, 0.4) is 0 Å². The molecule has 25 heavy (non-hydrogen) atoms. The van der Waals surface area contributed by atoms with E-state index >= 15 is 0 Å². The first-order valence-electron chi connectivity index (χ1n) is 8.84. The van der Waals surface area contributed by atoms with Crippen LogP contribution in [0.25, 0.3) is 43.4 Å². The van der Waals surface area contributed by atoms with Gasteiger partial charge in [0, 0.05) is 0 Å². The van der Waals surface area contributed by atoms with Gasteiger partial charge < -0.3 is 0 Å². The molecule has 5 aromatic rings. The van der Waals surface area contributed by atoms with Crippen LogP contribution >= 0.6 is 0 Å². The normalized spacial score (nSPS) is 12.6. The first kappa shape index (κ1) is 13.2. The first-order chi connectivity index (χ1) is 12.4. The van der Waals surface area contributed by atoms with E-state index in [1.807, 2.05) is 0 Å². The lowest BCUT2D eigenvalue weighted by atomic mass is 9.94. The monoisotopic (exact) mass is 316 g/mol. The fraction of sp³-hybridized carbons (Fsp3) is 0.0400. The molecular formula is C25H16. The number of benzene rings is 5. The predicted molar refractivity (Wildman–Crippen MR) is 107 cm³/mol. The van der Waals surface area contributed by atoms with Crippen molar-refractivity contribution in [2.75, 3.05) is 0 Å². The Morgan fingerprint density at radius 3 is 2.04 bits per heavy atom. The van der Waals surface area contributed by atoms with Crippen molar-refractivity contribution in [1.82, 2.24) is 0 Å². The van der Waals surface area contributed by atoms with Gasteiger partial charge in [-0.15, -0.1) is 0 Å². The molecule has 0 unspecified atom stereocenters. The zero-order chi connectivity index (χ0) is 16.4. The summed E-state index contributed by atoms with van der Waals surface area (Å²) in [5, 5.41) is 8.06. The van der Waals surface area contributed by atoms with E-state index in [0.717, 1.165) is 6.42 Å². The minimum absolute atomic E-state index is 1.04. The molecule has 6 rings (SSSR count). The van der Waals surface area contributed by atoms with E-state index in [1.165, 1.54) is 54.6 Å². The van der Waals surface area contributed by atoms with Crippen LogP contribution in [0.15, 0.2) is 84.9 Å². The average molecular weight is 316 g/mol. The summed E-state index contributed by atoms with van der Waals surface area (Å²) in [6, 6.07) is 31.3. The molecule has 0 nitrogen and oxygen atoms in total. The molecule has 0 saturated carbocycles. The van der Waals surface area contributed by atoms with Gasteiger partial charge in [-0.3, -0.25) is 0 Å². The Labute approximate surface area is 146 Å². The van der Waals surface area contributed by atoms with E-state index in [-0.39, 0.29) is 0 Å². The third-order valence-corrected chi connectivity index (χ3v) is 5.63. The predicted octanol–water partition coefficient (Wildman–Crippen LogP) is 6.72. The highest BCUT2D eigenvalue weighted by atomic mass is 14.2. The van der Waals surface area contributed by atoms with Gasteiger partial charge in [0.1, 0.15) is 0 Å². The Morgan fingerprint density at radius 2 is 1.16 bits per heavy atom. The number of hydrogen-bond acceptors (Lipinski definition) is 0. The summed E-state index contributed by atoms with van der Waals surface area (Å²) in [7, 11) is 0. The van der Waals surface area contributed by atoms with E-state index in [0.29, 0.717) is 0 Å². The van der Waals surface area contributed by atoms with Crippen LogP contribution in [-0.4, -0.2) is 0 Å². The molecule has 0 fully saturated rings. The first-order valence-corrected chi connectivity index (χ1v) is 8.84. The maximum absolute atomic E-state index is 2.42. The zero-order valence-corrected chi connectivity index (χ0v) is 13.8.